The molecule has 4 nitrogen and oxygen atoms in total. The van der Waals surface area contributed by atoms with Crippen molar-refractivity contribution in [3.63, 3.8) is 0 Å². The lowest BCUT2D eigenvalue weighted by Gasteiger charge is -2.17. The molecule has 1 saturated heterocycles. The molecule has 26 heavy (non-hydrogen) atoms. The Morgan fingerprint density at radius 2 is 1.92 bits per heavy atom. The highest BCUT2D eigenvalue weighted by Crippen LogP contribution is 2.22. The summed E-state index contributed by atoms with van der Waals surface area (Å²) in [6, 6.07) is 19.3. The number of para-hydroxylation sites is 1. The van der Waals surface area contributed by atoms with Crippen LogP contribution in [-0.2, 0) is 11.2 Å². The zero-order valence-corrected chi connectivity index (χ0v) is 15.0. The van der Waals surface area contributed by atoms with E-state index in [4.69, 9.17) is 16.3 Å². The molecular formula is C21H19ClN2O2. The molecule has 1 aliphatic rings. The van der Waals surface area contributed by atoms with E-state index in [1.807, 2.05) is 65.6 Å². The Morgan fingerprint density at radius 3 is 2.81 bits per heavy atom. The van der Waals surface area contributed by atoms with Crippen LogP contribution in [0.1, 0.15) is 12.0 Å². The van der Waals surface area contributed by atoms with Crippen molar-refractivity contribution in [2.45, 2.75) is 18.9 Å². The minimum absolute atomic E-state index is 0.0288. The van der Waals surface area contributed by atoms with Crippen LogP contribution in [0.15, 0.2) is 60.7 Å². The molecule has 1 atom stereocenters. The van der Waals surface area contributed by atoms with Crippen LogP contribution in [0.5, 0.6) is 5.88 Å². The van der Waals surface area contributed by atoms with Gasteiger partial charge in [0.25, 0.3) is 0 Å². The van der Waals surface area contributed by atoms with Gasteiger partial charge in [-0.2, -0.15) is 0 Å². The molecule has 1 amide bonds. The Bertz CT molecular complexity index is 944. The van der Waals surface area contributed by atoms with Gasteiger partial charge in [-0.25, -0.2) is 4.98 Å². The van der Waals surface area contributed by atoms with E-state index < -0.39 is 0 Å². The monoisotopic (exact) mass is 366 g/mol. The van der Waals surface area contributed by atoms with Crippen LogP contribution >= 0.6 is 11.6 Å². The highest BCUT2D eigenvalue weighted by Gasteiger charge is 2.28. The third kappa shape index (κ3) is 3.65. The van der Waals surface area contributed by atoms with Crippen molar-refractivity contribution >= 4 is 28.4 Å². The Kier molecular flexibility index (Phi) is 4.76. The Morgan fingerprint density at radius 1 is 1.12 bits per heavy atom. The van der Waals surface area contributed by atoms with Crippen molar-refractivity contribution < 1.29 is 9.53 Å². The van der Waals surface area contributed by atoms with Gasteiger partial charge in [-0.1, -0.05) is 48.0 Å². The fourth-order valence-corrected chi connectivity index (χ4v) is 3.45. The predicted octanol–water partition coefficient (Wildman–Crippen LogP) is 4.11. The smallest absolute Gasteiger partial charge is 0.227 e. The number of carbonyl (C=O) groups is 1. The minimum atomic E-state index is -0.0288. The molecule has 3 aromatic rings. The quantitative estimate of drug-likeness (QED) is 0.697. The molecule has 1 unspecified atom stereocenters. The second kappa shape index (κ2) is 7.34. The number of benzene rings is 2. The molecule has 0 spiro atoms. The SMILES string of the molecule is O=C(Cc1ccccc1Cl)N1CCC(Oc2ccc3ccccc3n2)C1. The van der Waals surface area contributed by atoms with Gasteiger partial charge < -0.3 is 9.64 Å². The number of rotatable bonds is 4. The zero-order valence-electron chi connectivity index (χ0n) is 14.3. The first-order valence-electron chi connectivity index (χ1n) is 8.73. The summed E-state index contributed by atoms with van der Waals surface area (Å²) in [5.74, 6) is 0.685. The zero-order chi connectivity index (χ0) is 17.9. The topological polar surface area (TPSA) is 42.4 Å². The van der Waals surface area contributed by atoms with Crippen LogP contribution in [-0.4, -0.2) is 35.0 Å². The number of halogens is 1. The number of hydrogen-bond donors (Lipinski definition) is 0. The number of amides is 1. The molecule has 0 N–H and O–H groups in total. The molecule has 5 heteroatoms. The number of hydrogen-bond acceptors (Lipinski definition) is 3. The lowest BCUT2D eigenvalue weighted by molar-refractivity contribution is -0.129. The first-order valence-corrected chi connectivity index (χ1v) is 9.10. The first-order chi connectivity index (χ1) is 12.7. The highest BCUT2D eigenvalue weighted by atomic mass is 35.5. The summed E-state index contributed by atoms with van der Waals surface area (Å²) in [5, 5.41) is 1.72. The van der Waals surface area contributed by atoms with E-state index in [1.165, 1.54) is 0 Å². The minimum Gasteiger partial charge on any atom is -0.472 e. The van der Waals surface area contributed by atoms with Gasteiger partial charge in [-0.15, -0.1) is 0 Å². The highest BCUT2D eigenvalue weighted by molar-refractivity contribution is 6.31. The van der Waals surface area contributed by atoms with Crippen LogP contribution < -0.4 is 4.74 Å². The number of aromatic nitrogens is 1. The molecule has 132 valence electrons. The number of ether oxygens (including phenoxy) is 1. The molecule has 1 aliphatic heterocycles. The lowest BCUT2D eigenvalue weighted by Crippen LogP contribution is -2.32. The van der Waals surface area contributed by atoms with Crippen LogP contribution in [0, 0.1) is 0 Å². The summed E-state index contributed by atoms with van der Waals surface area (Å²) in [5.41, 5.74) is 1.77. The summed E-state index contributed by atoms with van der Waals surface area (Å²) in [7, 11) is 0. The molecular weight excluding hydrogens is 348 g/mol. The summed E-state index contributed by atoms with van der Waals surface area (Å²) in [6.45, 7) is 1.28. The van der Waals surface area contributed by atoms with Gasteiger partial charge in [0, 0.05) is 29.4 Å². The fraction of sp³-hybridized carbons (Fsp3) is 0.238. The molecule has 1 fully saturated rings. The largest absolute Gasteiger partial charge is 0.472 e. The molecule has 4 rings (SSSR count). The first kappa shape index (κ1) is 16.9. The standard InChI is InChI=1S/C21H19ClN2O2/c22-18-7-3-1-6-16(18)13-21(25)24-12-11-17(14-24)26-20-10-9-15-5-2-4-8-19(15)23-20/h1-10,17H,11-14H2. The van der Waals surface area contributed by atoms with Gasteiger partial charge in [0.05, 0.1) is 18.5 Å². The molecule has 0 bridgehead atoms. The van der Waals surface area contributed by atoms with Crippen molar-refractivity contribution in [2.24, 2.45) is 0 Å². The molecule has 0 saturated carbocycles. The maximum absolute atomic E-state index is 12.5. The van der Waals surface area contributed by atoms with E-state index in [0.717, 1.165) is 22.9 Å². The van der Waals surface area contributed by atoms with Crippen LogP contribution in [0.4, 0.5) is 0 Å². The normalized spacial score (nSPS) is 16.8. The van der Waals surface area contributed by atoms with Crippen LogP contribution in [0.25, 0.3) is 10.9 Å². The van der Waals surface area contributed by atoms with Gasteiger partial charge in [0.1, 0.15) is 6.10 Å². The van der Waals surface area contributed by atoms with E-state index in [9.17, 15) is 4.79 Å². The third-order valence-corrected chi connectivity index (χ3v) is 5.03. The van der Waals surface area contributed by atoms with Crippen LogP contribution in [0.3, 0.4) is 0 Å². The molecule has 0 aliphatic carbocycles. The van der Waals surface area contributed by atoms with Gasteiger partial charge in [0.2, 0.25) is 11.8 Å². The predicted molar refractivity (Wildman–Crippen MR) is 103 cm³/mol. The Balaban J connectivity index is 1.38. The van der Waals surface area contributed by atoms with Gasteiger partial charge >= 0.3 is 0 Å². The van der Waals surface area contributed by atoms with Crippen molar-refractivity contribution in [2.75, 3.05) is 13.1 Å². The molecule has 1 aromatic heterocycles. The average Bonchev–Trinajstić information content (AvgIpc) is 3.12. The van der Waals surface area contributed by atoms with E-state index in [-0.39, 0.29) is 12.0 Å². The fourth-order valence-electron chi connectivity index (χ4n) is 3.25. The van der Waals surface area contributed by atoms with E-state index in [0.29, 0.717) is 30.4 Å². The molecule has 2 heterocycles. The van der Waals surface area contributed by atoms with E-state index in [1.54, 1.807) is 0 Å². The number of carbonyl (C=O) groups excluding carboxylic acids is 1. The third-order valence-electron chi connectivity index (χ3n) is 4.66. The average molecular weight is 367 g/mol. The summed E-state index contributed by atoms with van der Waals surface area (Å²) in [4.78, 5) is 18.9. The summed E-state index contributed by atoms with van der Waals surface area (Å²) in [6.07, 6.45) is 1.10. The summed E-state index contributed by atoms with van der Waals surface area (Å²) < 4.78 is 6.01. The number of likely N-dealkylation sites (tertiary alicyclic amines) is 1. The molecule has 0 radical (unpaired) electrons. The second-order valence-corrected chi connectivity index (χ2v) is 6.89. The van der Waals surface area contributed by atoms with Gasteiger partial charge in [0.15, 0.2) is 0 Å². The van der Waals surface area contributed by atoms with Crippen LogP contribution in [0.2, 0.25) is 5.02 Å². The van der Waals surface area contributed by atoms with Crippen molar-refractivity contribution in [3.8, 4) is 5.88 Å². The second-order valence-electron chi connectivity index (χ2n) is 6.48. The van der Waals surface area contributed by atoms with Gasteiger partial charge in [-0.05, 0) is 23.8 Å². The van der Waals surface area contributed by atoms with E-state index in [2.05, 4.69) is 4.98 Å². The molecule has 2 aromatic carbocycles. The maximum Gasteiger partial charge on any atom is 0.227 e. The number of nitrogens with zero attached hydrogens (tertiary/aromatic N) is 2. The Hall–Kier alpha value is -2.59. The number of fused-ring (bicyclic) bond motifs is 1. The Labute approximate surface area is 157 Å². The number of pyridine rings is 1. The lowest BCUT2D eigenvalue weighted by atomic mass is 10.1. The van der Waals surface area contributed by atoms with Crippen molar-refractivity contribution in [1.29, 1.82) is 0 Å². The summed E-state index contributed by atoms with van der Waals surface area (Å²) >= 11 is 6.16. The van der Waals surface area contributed by atoms with Gasteiger partial charge in [-0.3, -0.25) is 4.79 Å². The van der Waals surface area contributed by atoms with Crippen molar-refractivity contribution in [3.05, 3.63) is 71.2 Å². The van der Waals surface area contributed by atoms with E-state index >= 15 is 0 Å². The maximum atomic E-state index is 12.5. The van der Waals surface area contributed by atoms with Crippen molar-refractivity contribution in [1.82, 2.24) is 9.88 Å².